The molecule has 0 radical (unpaired) electrons. The van der Waals surface area contributed by atoms with E-state index in [4.69, 9.17) is 0 Å². The first-order valence-electron chi connectivity index (χ1n) is 8.20. The maximum Gasteiger partial charge on any atom is 0.234 e. The van der Waals surface area contributed by atoms with Gasteiger partial charge in [0.1, 0.15) is 0 Å². The topological polar surface area (TPSA) is 41.4 Å². The number of likely N-dealkylation sites (tertiary alicyclic amines) is 1. The van der Waals surface area contributed by atoms with Gasteiger partial charge >= 0.3 is 0 Å². The highest BCUT2D eigenvalue weighted by Gasteiger charge is 2.49. The van der Waals surface area contributed by atoms with Gasteiger partial charge in [-0.15, -0.1) is 0 Å². The Balaban J connectivity index is 1.50. The molecule has 23 heavy (non-hydrogen) atoms. The minimum Gasteiger partial charge on any atom is -0.309 e. The van der Waals surface area contributed by atoms with Crippen LogP contribution in [0.1, 0.15) is 24.8 Å². The zero-order valence-corrected chi connectivity index (χ0v) is 14.3. The first kappa shape index (κ1) is 14.9. The molecule has 0 N–H and O–H groups in total. The number of amides is 1. The Kier molecular flexibility index (Phi) is 3.73. The molecule has 0 aromatic carbocycles. The van der Waals surface area contributed by atoms with E-state index in [9.17, 15) is 4.79 Å². The number of aromatic nitrogens is 2. The minimum absolute atomic E-state index is 0.190. The Morgan fingerprint density at radius 2 is 2.26 bits per heavy atom. The predicted octanol–water partition coefficient (Wildman–Crippen LogP) is 2.50. The summed E-state index contributed by atoms with van der Waals surface area (Å²) < 4.78 is 1.76. The molecule has 1 atom stereocenters. The van der Waals surface area contributed by atoms with Crippen LogP contribution in [-0.4, -0.2) is 40.2 Å². The number of piperidine rings is 1. The van der Waals surface area contributed by atoms with Crippen molar-refractivity contribution in [1.29, 1.82) is 0 Å². The zero-order valence-electron chi connectivity index (χ0n) is 13.4. The molecule has 4 rings (SSSR count). The second-order valence-electron chi connectivity index (χ2n) is 6.81. The van der Waals surface area contributed by atoms with Gasteiger partial charge in [0.15, 0.2) is 0 Å². The molecule has 0 saturated carbocycles. The fraction of sp³-hybridized carbons (Fsp3) is 0.529. The highest BCUT2D eigenvalue weighted by Crippen LogP contribution is 2.42. The number of hydrogen-bond donors (Lipinski definition) is 0. The van der Waals surface area contributed by atoms with Crippen molar-refractivity contribution in [3.63, 3.8) is 0 Å². The van der Waals surface area contributed by atoms with Gasteiger partial charge in [-0.2, -0.15) is 16.4 Å². The number of anilines is 1. The molecule has 4 heterocycles. The smallest absolute Gasteiger partial charge is 0.234 e. The summed E-state index contributed by atoms with van der Waals surface area (Å²) in [7, 11) is 1.89. The standard InChI is InChI=1S/C17H22N4OS/c1-19-11-15(9-18-19)21-7-5-17(16(21)22)4-2-6-20(13-17)10-14-3-8-23-12-14/h3,8-9,11-12H,2,4-7,10,13H2,1H3/t17-/m0/s1. The molecular formula is C17H22N4OS. The Morgan fingerprint density at radius 1 is 1.35 bits per heavy atom. The number of rotatable bonds is 3. The third kappa shape index (κ3) is 2.70. The normalized spacial score (nSPS) is 25.6. The van der Waals surface area contributed by atoms with Gasteiger partial charge in [0.25, 0.3) is 0 Å². The maximum absolute atomic E-state index is 13.1. The SMILES string of the molecule is Cn1cc(N2CC[C@]3(CCCN(Cc4ccsc4)C3)C2=O)cn1. The molecule has 0 aliphatic carbocycles. The van der Waals surface area contributed by atoms with E-state index in [1.807, 2.05) is 18.1 Å². The van der Waals surface area contributed by atoms with Crippen LogP contribution in [0.15, 0.2) is 29.2 Å². The zero-order chi connectivity index (χ0) is 15.9. The van der Waals surface area contributed by atoms with Gasteiger partial charge in [0.05, 0.1) is 17.3 Å². The van der Waals surface area contributed by atoms with Crippen LogP contribution in [0.5, 0.6) is 0 Å². The van der Waals surface area contributed by atoms with Crippen molar-refractivity contribution < 1.29 is 4.79 Å². The van der Waals surface area contributed by atoms with Gasteiger partial charge in [-0.25, -0.2) is 0 Å². The summed E-state index contributed by atoms with van der Waals surface area (Å²) in [5.74, 6) is 0.292. The van der Waals surface area contributed by atoms with Crippen molar-refractivity contribution >= 4 is 22.9 Å². The third-order valence-electron chi connectivity index (χ3n) is 5.16. The maximum atomic E-state index is 13.1. The van der Waals surface area contributed by atoms with Crippen molar-refractivity contribution in [2.45, 2.75) is 25.8 Å². The second kappa shape index (κ2) is 5.76. The lowest BCUT2D eigenvalue weighted by molar-refractivity contribution is -0.128. The molecule has 122 valence electrons. The third-order valence-corrected chi connectivity index (χ3v) is 5.89. The fourth-order valence-electron chi connectivity index (χ4n) is 4.00. The van der Waals surface area contributed by atoms with E-state index in [0.717, 1.165) is 51.1 Å². The van der Waals surface area contributed by atoms with Gasteiger partial charge in [0, 0.05) is 32.9 Å². The van der Waals surface area contributed by atoms with Crippen molar-refractivity contribution in [2.24, 2.45) is 12.5 Å². The van der Waals surface area contributed by atoms with Gasteiger partial charge < -0.3 is 4.90 Å². The van der Waals surface area contributed by atoms with Crippen LogP contribution in [0, 0.1) is 5.41 Å². The largest absolute Gasteiger partial charge is 0.309 e. The summed E-state index contributed by atoms with van der Waals surface area (Å²) in [5, 5.41) is 8.54. The summed E-state index contributed by atoms with van der Waals surface area (Å²) >= 11 is 1.74. The van der Waals surface area contributed by atoms with E-state index in [1.54, 1.807) is 22.2 Å². The monoisotopic (exact) mass is 330 g/mol. The lowest BCUT2D eigenvalue weighted by Crippen LogP contribution is -2.47. The molecule has 2 aliphatic heterocycles. The van der Waals surface area contributed by atoms with Crippen molar-refractivity contribution in [2.75, 3.05) is 24.5 Å². The predicted molar refractivity (Wildman–Crippen MR) is 91.4 cm³/mol. The Bertz CT molecular complexity index is 695. The average Bonchev–Trinajstić information content (AvgIpc) is 3.24. The van der Waals surface area contributed by atoms with E-state index in [-0.39, 0.29) is 5.41 Å². The summed E-state index contributed by atoms with van der Waals surface area (Å²) in [5.41, 5.74) is 2.11. The van der Waals surface area contributed by atoms with E-state index in [2.05, 4.69) is 26.8 Å². The van der Waals surface area contributed by atoms with Gasteiger partial charge in [-0.05, 0) is 48.2 Å². The molecule has 2 aliphatic rings. The second-order valence-corrected chi connectivity index (χ2v) is 7.59. The molecule has 6 heteroatoms. The van der Waals surface area contributed by atoms with Crippen LogP contribution in [-0.2, 0) is 18.4 Å². The highest BCUT2D eigenvalue weighted by molar-refractivity contribution is 7.07. The lowest BCUT2D eigenvalue weighted by Gasteiger charge is -2.38. The quantitative estimate of drug-likeness (QED) is 0.868. The van der Waals surface area contributed by atoms with Crippen molar-refractivity contribution in [1.82, 2.24) is 14.7 Å². The molecule has 0 bridgehead atoms. The Morgan fingerprint density at radius 3 is 3.00 bits per heavy atom. The molecule has 5 nitrogen and oxygen atoms in total. The number of carbonyl (C=O) groups is 1. The van der Waals surface area contributed by atoms with Crippen LogP contribution in [0.2, 0.25) is 0 Å². The number of aryl methyl sites for hydroxylation is 1. The average molecular weight is 330 g/mol. The molecule has 0 unspecified atom stereocenters. The summed E-state index contributed by atoms with van der Waals surface area (Å²) in [6, 6.07) is 2.18. The summed E-state index contributed by atoms with van der Waals surface area (Å²) in [6.07, 6.45) is 6.81. The molecule has 1 spiro atoms. The highest BCUT2D eigenvalue weighted by atomic mass is 32.1. The molecule has 2 aromatic heterocycles. The number of hydrogen-bond acceptors (Lipinski definition) is 4. The van der Waals surface area contributed by atoms with Crippen LogP contribution < -0.4 is 4.90 Å². The van der Waals surface area contributed by atoms with Crippen molar-refractivity contribution in [3.8, 4) is 0 Å². The van der Waals surface area contributed by atoms with E-state index >= 15 is 0 Å². The van der Waals surface area contributed by atoms with Gasteiger partial charge in [0.2, 0.25) is 5.91 Å². The fourth-order valence-corrected chi connectivity index (χ4v) is 4.66. The first-order chi connectivity index (χ1) is 11.2. The number of nitrogens with zero attached hydrogens (tertiary/aromatic N) is 4. The minimum atomic E-state index is -0.190. The van der Waals surface area contributed by atoms with E-state index in [1.165, 1.54) is 5.56 Å². The number of thiophene rings is 1. The first-order valence-corrected chi connectivity index (χ1v) is 9.15. The van der Waals surface area contributed by atoms with Gasteiger partial charge in [-0.3, -0.25) is 14.4 Å². The molecule has 1 amide bonds. The molecule has 2 aromatic rings. The lowest BCUT2D eigenvalue weighted by atomic mass is 9.78. The van der Waals surface area contributed by atoms with Crippen molar-refractivity contribution in [3.05, 3.63) is 34.8 Å². The van der Waals surface area contributed by atoms with Crippen LogP contribution in [0.4, 0.5) is 5.69 Å². The molecule has 2 saturated heterocycles. The van der Waals surface area contributed by atoms with Crippen LogP contribution in [0.25, 0.3) is 0 Å². The number of carbonyl (C=O) groups excluding carboxylic acids is 1. The molecular weight excluding hydrogens is 308 g/mol. The summed E-state index contributed by atoms with van der Waals surface area (Å²) in [6.45, 7) is 3.76. The Labute approximate surface area is 140 Å². The molecule has 2 fully saturated rings. The van der Waals surface area contributed by atoms with Crippen LogP contribution >= 0.6 is 11.3 Å². The van der Waals surface area contributed by atoms with Crippen LogP contribution in [0.3, 0.4) is 0 Å². The summed E-state index contributed by atoms with van der Waals surface area (Å²) in [4.78, 5) is 17.5. The van der Waals surface area contributed by atoms with Gasteiger partial charge in [-0.1, -0.05) is 0 Å². The van der Waals surface area contributed by atoms with E-state index < -0.39 is 0 Å². The Hall–Kier alpha value is -1.66. The van der Waals surface area contributed by atoms with E-state index in [0.29, 0.717) is 5.91 Å².